The normalized spacial score (nSPS) is 22.5. The van der Waals surface area contributed by atoms with Gasteiger partial charge < -0.3 is 24.1 Å². The molecule has 0 spiro atoms. The number of nitrogens with zero attached hydrogens (tertiary/aromatic N) is 4. The van der Waals surface area contributed by atoms with E-state index in [2.05, 4.69) is 82.7 Å². The van der Waals surface area contributed by atoms with E-state index in [1.54, 1.807) is 13.4 Å². The summed E-state index contributed by atoms with van der Waals surface area (Å²) in [6.45, 7) is 23.1. The summed E-state index contributed by atoms with van der Waals surface area (Å²) >= 11 is 0. The molecule has 0 bridgehead atoms. The van der Waals surface area contributed by atoms with Gasteiger partial charge in [-0.05, 0) is 36.3 Å². The van der Waals surface area contributed by atoms with Gasteiger partial charge >= 0.3 is 0 Å². The van der Waals surface area contributed by atoms with Crippen molar-refractivity contribution < 1.29 is 18.3 Å². The standard InChI is InChI=1S/C23H43N5O4Si2/c1-22(2,3)33(8,9)30-13-16-15(32-34(10,11)23(4,5)6)12-17(31-16)28-14-25-18-19(28)26-21(24)27-20(18)29-7/h14-17H,12-13H2,1-11H3,(H2,24,26,27)/t15-,16+,17+/m0/s1. The molecule has 1 fully saturated rings. The highest BCUT2D eigenvalue weighted by Gasteiger charge is 2.47. The van der Waals surface area contributed by atoms with Gasteiger partial charge in [0.1, 0.15) is 12.3 Å². The van der Waals surface area contributed by atoms with Gasteiger partial charge in [-0.3, -0.25) is 4.57 Å². The maximum Gasteiger partial charge on any atom is 0.246 e. The van der Waals surface area contributed by atoms with E-state index in [-0.39, 0.29) is 34.5 Å². The summed E-state index contributed by atoms with van der Waals surface area (Å²) in [5.74, 6) is 0.488. The summed E-state index contributed by atoms with van der Waals surface area (Å²) in [5, 5.41) is 0.207. The highest BCUT2D eigenvalue weighted by molar-refractivity contribution is 6.74. The van der Waals surface area contributed by atoms with Gasteiger partial charge in [0.2, 0.25) is 11.8 Å². The van der Waals surface area contributed by atoms with E-state index in [0.717, 1.165) is 0 Å². The molecule has 34 heavy (non-hydrogen) atoms. The van der Waals surface area contributed by atoms with E-state index in [0.29, 0.717) is 30.1 Å². The van der Waals surface area contributed by atoms with Crippen LogP contribution in [0.4, 0.5) is 5.95 Å². The van der Waals surface area contributed by atoms with E-state index in [1.165, 1.54) is 0 Å². The summed E-state index contributed by atoms with van der Waals surface area (Å²) in [6.07, 6.45) is 1.81. The van der Waals surface area contributed by atoms with Crippen molar-refractivity contribution in [2.24, 2.45) is 0 Å². The molecule has 3 heterocycles. The Hall–Kier alpha value is -1.54. The zero-order valence-corrected chi connectivity index (χ0v) is 24.7. The fourth-order valence-corrected chi connectivity index (χ4v) is 5.84. The molecule has 0 unspecified atom stereocenters. The summed E-state index contributed by atoms with van der Waals surface area (Å²) in [6, 6.07) is 0. The number of anilines is 1. The predicted octanol–water partition coefficient (Wildman–Crippen LogP) is 5.12. The van der Waals surface area contributed by atoms with E-state index in [1.807, 2.05) is 4.57 Å². The van der Waals surface area contributed by atoms with Crippen LogP contribution in [0.2, 0.25) is 36.3 Å². The maximum atomic E-state index is 6.87. The molecule has 1 aliphatic heterocycles. The molecule has 2 N–H and O–H groups in total. The molecule has 192 valence electrons. The molecular formula is C23H43N5O4Si2. The van der Waals surface area contributed by atoms with Crippen molar-refractivity contribution in [1.29, 1.82) is 0 Å². The molecule has 11 heteroatoms. The average Bonchev–Trinajstić information content (AvgIpc) is 3.27. The molecule has 0 radical (unpaired) electrons. The number of nitrogen functional groups attached to an aromatic ring is 1. The quantitative estimate of drug-likeness (QED) is 0.513. The molecule has 0 aromatic carbocycles. The highest BCUT2D eigenvalue weighted by atomic mass is 28.4. The van der Waals surface area contributed by atoms with Crippen LogP contribution in [0.15, 0.2) is 6.33 Å². The molecule has 3 rings (SSSR count). The lowest BCUT2D eigenvalue weighted by Gasteiger charge is -2.40. The first-order valence-corrected chi connectivity index (χ1v) is 17.8. The highest BCUT2D eigenvalue weighted by Crippen LogP contribution is 2.43. The lowest BCUT2D eigenvalue weighted by Crippen LogP contribution is -2.48. The van der Waals surface area contributed by atoms with Gasteiger partial charge in [-0.15, -0.1) is 0 Å². The lowest BCUT2D eigenvalue weighted by atomic mass is 10.2. The SMILES string of the molecule is COc1nc(N)nc2c1ncn2[C@H]1C[C@H](O[Si](C)(C)C(C)(C)C)[C@@H](CO[Si](C)(C)C(C)(C)C)O1. The third-order valence-corrected chi connectivity index (χ3v) is 16.8. The Morgan fingerprint density at radius 3 is 2.24 bits per heavy atom. The number of methoxy groups -OCH3 is 1. The van der Waals surface area contributed by atoms with Gasteiger partial charge in [0.25, 0.3) is 0 Å². The van der Waals surface area contributed by atoms with Crippen LogP contribution in [0.1, 0.15) is 54.2 Å². The Balaban J connectivity index is 1.92. The summed E-state index contributed by atoms with van der Waals surface area (Å²) in [5.41, 5.74) is 7.08. The van der Waals surface area contributed by atoms with E-state index in [4.69, 9.17) is 24.1 Å². The second-order valence-corrected chi connectivity index (χ2v) is 21.8. The van der Waals surface area contributed by atoms with Crippen molar-refractivity contribution in [3.8, 4) is 5.88 Å². The van der Waals surface area contributed by atoms with Crippen molar-refractivity contribution in [3.63, 3.8) is 0 Å². The van der Waals surface area contributed by atoms with Crippen LogP contribution >= 0.6 is 0 Å². The minimum atomic E-state index is -2.03. The van der Waals surface area contributed by atoms with Crippen molar-refractivity contribution >= 4 is 33.7 Å². The van der Waals surface area contributed by atoms with Crippen LogP contribution in [-0.2, 0) is 13.6 Å². The molecule has 0 saturated carbocycles. The van der Waals surface area contributed by atoms with Crippen molar-refractivity contribution in [2.45, 2.75) is 103 Å². The Morgan fingerprint density at radius 1 is 1.06 bits per heavy atom. The minimum Gasteiger partial charge on any atom is -0.479 e. The number of nitrogens with two attached hydrogens (primary N) is 1. The zero-order chi connectivity index (χ0) is 25.7. The fraction of sp³-hybridized carbons (Fsp3) is 0.783. The van der Waals surface area contributed by atoms with Gasteiger partial charge in [-0.2, -0.15) is 9.97 Å². The van der Waals surface area contributed by atoms with Crippen LogP contribution in [-0.4, -0.2) is 62.1 Å². The van der Waals surface area contributed by atoms with Gasteiger partial charge in [-0.1, -0.05) is 41.5 Å². The molecule has 0 aliphatic carbocycles. The molecule has 0 amide bonds. The van der Waals surface area contributed by atoms with Crippen LogP contribution in [0.3, 0.4) is 0 Å². The number of fused-ring (bicyclic) bond motifs is 1. The largest absolute Gasteiger partial charge is 0.479 e. The molecular weight excluding hydrogens is 466 g/mol. The number of hydrogen-bond donors (Lipinski definition) is 1. The molecule has 1 aliphatic rings. The third-order valence-electron chi connectivity index (χ3n) is 7.76. The Morgan fingerprint density at radius 2 is 1.68 bits per heavy atom. The maximum absolute atomic E-state index is 6.87. The number of aromatic nitrogens is 4. The molecule has 2 aromatic rings. The monoisotopic (exact) mass is 509 g/mol. The van der Waals surface area contributed by atoms with Crippen LogP contribution in [0.5, 0.6) is 5.88 Å². The van der Waals surface area contributed by atoms with Gasteiger partial charge in [0.15, 0.2) is 27.8 Å². The van der Waals surface area contributed by atoms with Crippen LogP contribution in [0.25, 0.3) is 11.2 Å². The Bertz CT molecular complexity index is 1010. The smallest absolute Gasteiger partial charge is 0.246 e. The van der Waals surface area contributed by atoms with E-state index < -0.39 is 16.6 Å². The first-order chi connectivity index (χ1) is 15.5. The molecule has 2 aromatic heterocycles. The number of imidazole rings is 1. The molecule has 9 nitrogen and oxygen atoms in total. The van der Waals surface area contributed by atoms with Crippen LogP contribution < -0.4 is 10.5 Å². The molecule has 1 saturated heterocycles. The van der Waals surface area contributed by atoms with Gasteiger partial charge in [0.05, 0.1) is 26.1 Å². The first kappa shape index (κ1) is 27.1. The number of rotatable bonds is 7. The van der Waals surface area contributed by atoms with Gasteiger partial charge in [0, 0.05) is 6.42 Å². The second kappa shape index (κ2) is 9.16. The Kier molecular flexibility index (Phi) is 7.29. The average molecular weight is 510 g/mol. The van der Waals surface area contributed by atoms with Crippen molar-refractivity contribution in [2.75, 3.05) is 19.5 Å². The Labute approximate surface area is 206 Å². The van der Waals surface area contributed by atoms with E-state index >= 15 is 0 Å². The second-order valence-electron chi connectivity index (χ2n) is 12.3. The fourth-order valence-electron chi connectivity index (χ4n) is 3.47. The lowest BCUT2D eigenvalue weighted by molar-refractivity contribution is -0.0383. The van der Waals surface area contributed by atoms with E-state index in [9.17, 15) is 0 Å². The van der Waals surface area contributed by atoms with Gasteiger partial charge in [-0.25, -0.2) is 4.98 Å². The molecule has 3 atom stereocenters. The van der Waals surface area contributed by atoms with Crippen molar-refractivity contribution in [3.05, 3.63) is 6.33 Å². The summed E-state index contributed by atoms with van der Waals surface area (Å²) in [4.78, 5) is 13.0. The first-order valence-electron chi connectivity index (χ1n) is 12.0. The van der Waals surface area contributed by atoms with Crippen LogP contribution in [0, 0.1) is 0 Å². The van der Waals surface area contributed by atoms with Crippen molar-refractivity contribution in [1.82, 2.24) is 19.5 Å². The zero-order valence-electron chi connectivity index (χ0n) is 22.7. The summed E-state index contributed by atoms with van der Waals surface area (Å²) in [7, 11) is -2.43. The number of hydrogen-bond acceptors (Lipinski definition) is 8. The topological polar surface area (TPSA) is 107 Å². The minimum absolute atomic E-state index is 0.0887. The predicted molar refractivity (Wildman–Crippen MR) is 140 cm³/mol. The number of ether oxygens (including phenoxy) is 2. The summed E-state index contributed by atoms with van der Waals surface area (Å²) < 4.78 is 27.3. The third kappa shape index (κ3) is 5.33.